The van der Waals surface area contributed by atoms with Gasteiger partial charge in [0.2, 0.25) is 0 Å². The molecule has 4 rings (SSSR count). The van der Waals surface area contributed by atoms with Crippen LogP contribution in [-0.4, -0.2) is 21.9 Å². The maximum absolute atomic E-state index is 11.1. The van der Waals surface area contributed by atoms with Gasteiger partial charge in [0, 0.05) is 0 Å². The quantitative estimate of drug-likeness (QED) is 0.460. The number of fused-ring (bicyclic) bond motifs is 5. The van der Waals surface area contributed by atoms with Gasteiger partial charge < -0.3 is 10.2 Å². The van der Waals surface area contributed by atoms with Crippen LogP contribution in [0.3, 0.4) is 0 Å². The predicted molar refractivity (Wildman–Crippen MR) is 130 cm³/mol. The van der Waals surface area contributed by atoms with Crippen LogP contribution in [0.4, 0.5) is 0 Å². The normalized spacial score (nSPS) is 49.5. The molecule has 0 aromatic carbocycles. The Morgan fingerprint density at radius 3 is 2.32 bits per heavy atom. The first-order valence-corrected chi connectivity index (χ1v) is 14.1. The Morgan fingerprint density at radius 2 is 1.61 bits per heavy atom. The molecule has 1 unspecified atom stereocenters. The Labute approximate surface area is 193 Å². The summed E-state index contributed by atoms with van der Waals surface area (Å²) in [4.78, 5) is 0. The number of aliphatic hydroxyl groups is 2. The van der Waals surface area contributed by atoms with Gasteiger partial charge in [-0.25, -0.2) is 0 Å². The van der Waals surface area contributed by atoms with Crippen molar-refractivity contribution < 1.29 is 10.2 Å². The highest BCUT2D eigenvalue weighted by atomic mass is 16.3. The number of rotatable bonds is 6. The third-order valence-corrected chi connectivity index (χ3v) is 11.9. The first-order valence-electron chi connectivity index (χ1n) is 14.1. The van der Waals surface area contributed by atoms with E-state index in [2.05, 4.69) is 34.6 Å². The minimum Gasteiger partial charge on any atom is -0.393 e. The van der Waals surface area contributed by atoms with Crippen molar-refractivity contribution in [3.05, 3.63) is 0 Å². The average molecular weight is 433 g/mol. The lowest BCUT2D eigenvalue weighted by Crippen LogP contribution is -2.52. The Bertz CT molecular complexity index is 618. The molecule has 2 N–H and O–H groups in total. The van der Waals surface area contributed by atoms with Crippen LogP contribution in [-0.2, 0) is 0 Å². The van der Waals surface area contributed by atoms with Crippen molar-refractivity contribution in [3.63, 3.8) is 0 Å². The molecule has 0 aliphatic heterocycles. The van der Waals surface area contributed by atoms with E-state index in [0.29, 0.717) is 10.8 Å². The van der Waals surface area contributed by atoms with Gasteiger partial charge in [0.05, 0.1) is 11.7 Å². The highest BCUT2D eigenvalue weighted by Crippen LogP contribution is 2.68. The van der Waals surface area contributed by atoms with Crippen molar-refractivity contribution in [2.45, 2.75) is 136 Å². The summed E-state index contributed by atoms with van der Waals surface area (Å²) >= 11 is 0. The molecule has 180 valence electrons. The maximum Gasteiger partial charge on any atom is 0.0648 e. The molecular formula is C29H52O2. The van der Waals surface area contributed by atoms with E-state index in [-0.39, 0.29) is 11.7 Å². The minimum atomic E-state index is -0.385. The van der Waals surface area contributed by atoms with E-state index in [1.54, 1.807) is 0 Å². The molecule has 0 amide bonds. The summed E-state index contributed by atoms with van der Waals surface area (Å²) < 4.78 is 0. The molecule has 0 radical (unpaired) electrons. The minimum absolute atomic E-state index is 0.102. The van der Waals surface area contributed by atoms with E-state index in [1.807, 2.05) is 0 Å². The topological polar surface area (TPSA) is 40.5 Å². The van der Waals surface area contributed by atoms with Gasteiger partial charge in [-0.15, -0.1) is 0 Å². The molecule has 10 atom stereocenters. The largest absolute Gasteiger partial charge is 0.393 e. The van der Waals surface area contributed by atoms with E-state index >= 15 is 0 Å². The van der Waals surface area contributed by atoms with Gasteiger partial charge in [-0.2, -0.15) is 0 Å². The van der Waals surface area contributed by atoms with Gasteiger partial charge in [-0.05, 0) is 130 Å². The zero-order valence-corrected chi connectivity index (χ0v) is 21.3. The highest BCUT2D eigenvalue weighted by Gasteiger charge is 2.60. The van der Waals surface area contributed by atoms with E-state index in [0.717, 1.165) is 67.6 Å². The molecule has 0 heterocycles. The first kappa shape index (κ1) is 24.1. The zero-order chi connectivity index (χ0) is 22.4. The number of aliphatic hydroxyl groups excluding tert-OH is 1. The SMILES string of the molecule is CC[C@@H](O)CC[C@@H](C)[C@H]1CC[C@H]2[C@H]3CCC[C@H]4C[C@](O)(CC)CC[C@]4(C)C3CC[C@]12C. The second-order valence-electron chi connectivity index (χ2n) is 13.1. The van der Waals surface area contributed by atoms with Crippen LogP contribution >= 0.6 is 0 Å². The van der Waals surface area contributed by atoms with Gasteiger partial charge >= 0.3 is 0 Å². The van der Waals surface area contributed by atoms with Crippen LogP contribution in [0.5, 0.6) is 0 Å². The molecule has 2 heteroatoms. The Hall–Kier alpha value is -0.0800. The van der Waals surface area contributed by atoms with Crippen molar-refractivity contribution >= 4 is 0 Å². The van der Waals surface area contributed by atoms with Crippen LogP contribution in [0.1, 0.15) is 125 Å². The molecule has 31 heavy (non-hydrogen) atoms. The first-order chi connectivity index (χ1) is 14.7. The third kappa shape index (κ3) is 4.16. The monoisotopic (exact) mass is 432 g/mol. The molecule has 4 aliphatic carbocycles. The van der Waals surface area contributed by atoms with E-state index in [4.69, 9.17) is 0 Å². The smallest absolute Gasteiger partial charge is 0.0648 e. The second-order valence-corrected chi connectivity index (χ2v) is 13.1. The molecule has 4 fully saturated rings. The fourth-order valence-electron chi connectivity index (χ4n) is 9.69. The van der Waals surface area contributed by atoms with Crippen LogP contribution < -0.4 is 0 Å². The Morgan fingerprint density at radius 1 is 0.871 bits per heavy atom. The second kappa shape index (κ2) is 8.94. The zero-order valence-electron chi connectivity index (χ0n) is 21.3. The van der Waals surface area contributed by atoms with Gasteiger partial charge in [0.15, 0.2) is 0 Å². The molecule has 0 aromatic rings. The summed E-state index contributed by atoms with van der Waals surface area (Å²) in [5.41, 5.74) is 0.593. The van der Waals surface area contributed by atoms with Crippen molar-refractivity contribution in [2.24, 2.45) is 46.3 Å². The van der Waals surface area contributed by atoms with Crippen LogP contribution in [0, 0.1) is 46.3 Å². The Balaban J connectivity index is 1.51. The molecule has 0 saturated heterocycles. The summed E-state index contributed by atoms with van der Waals surface area (Å²) in [5, 5.41) is 21.2. The lowest BCUT2D eigenvalue weighted by atomic mass is 9.48. The molecule has 0 aromatic heterocycles. The molecule has 4 aliphatic rings. The summed E-state index contributed by atoms with van der Waals surface area (Å²) in [6.45, 7) is 12.1. The summed E-state index contributed by atoms with van der Waals surface area (Å²) in [6, 6.07) is 0. The average Bonchev–Trinajstić information content (AvgIpc) is 3.04. The lowest BCUT2D eigenvalue weighted by Gasteiger charge is -2.58. The molecule has 0 bridgehead atoms. The van der Waals surface area contributed by atoms with Crippen molar-refractivity contribution in [1.29, 1.82) is 0 Å². The molecular weight excluding hydrogens is 380 g/mol. The highest BCUT2D eigenvalue weighted by molar-refractivity contribution is 5.09. The number of hydrogen-bond acceptors (Lipinski definition) is 2. The molecule has 2 nitrogen and oxygen atoms in total. The Kier molecular flexibility index (Phi) is 6.93. The molecule has 4 saturated carbocycles. The summed E-state index contributed by atoms with van der Waals surface area (Å²) in [7, 11) is 0. The van der Waals surface area contributed by atoms with E-state index in [1.165, 1.54) is 57.8 Å². The number of hydrogen-bond donors (Lipinski definition) is 2. The van der Waals surface area contributed by atoms with E-state index in [9.17, 15) is 10.2 Å². The van der Waals surface area contributed by atoms with E-state index < -0.39 is 0 Å². The van der Waals surface area contributed by atoms with Gasteiger partial charge in [0.25, 0.3) is 0 Å². The van der Waals surface area contributed by atoms with Crippen molar-refractivity contribution in [3.8, 4) is 0 Å². The third-order valence-electron chi connectivity index (χ3n) is 11.9. The predicted octanol–water partition coefficient (Wildman–Crippen LogP) is 7.36. The van der Waals surface area contributed by atoms with Crippen LogP contribution in [0.15, 0.2) is 0 Å². The standard InChI is InChI=1S/C29H52O2/c1-6-22(30)12-11-20(3)24-13-14-25-23-10-8-9-21-19-29(31,7-2)18-17-27(21,4)26(23)15-16-28(24,25)5/h20-26,30-31H,6-19H2,1-5H3/t20-,21+,22-,23-,24-,25+,26?,27+,28-,29+/m1/s1. The summed E-state index contributed by atoms with van der Waals surface area (Å²) in [5.74, 6) is 5.05. The van der Waals surface area contributed by atoms with Gasteiger partial charge in [0.1, 0.15) is 0 Å². The fraction of sp³-hybridized carbons (Fsp3) is 1.00. The van der Waals surface area contributed by atoms with Gasteiger partial charge in [-0.3, -0.25) is 0 Å². The van der Waals surface area contributed by atoms with Crippen LogP contribution in [0.25, 0.3) is 0 Å². The summed E-state index contributed by atoms with van der Waals surface area (Å²) in [6.07, 6.45) is 17.1. The van der Waals surface area contributed by atoms with Crippen molar-refractivity contribution in [2.75, 3.05) is 0 Å². The lowest BCUT2D eigenvalue weighted by molar-refractivity contribution is -0.118. The molecule has 0 spiro atoms. The van der Waals surface area contributed by atoms with Gasteiger partial charge in [-0.1, -0.05) is 41.0 Å². The maximum atomic E-state index is 11.1. The van der Waals surface area contributed by atoms with Crippen molar-refractivity contribution in [1.82, 2.24) is 0 Å². The van der Waals surface area contributed by atoms with Crippen LogP contribution in [0.2, 0.25) is 0 Å². The fourth-order valence-corrected chi connectivity index (χ4v) is 9.69.